The van der Waals surface area contributed by atoms with Crippen LogP contribution in [-0.2, 0) is 12.8 Å². The Morgan fingerprint density at radius 2 is 1.86 bits per heavy atom. The number of pyridine rings is 1. The highest BCUT2D eigenvalue weighted by molar-refractivity contribution is 5.76. The fourth-order valence-corrected chi connectivity index (χ4v) is 2.47. The molecule has 1 aliphatic rings. The summed E-state index contributed by atoms with van der Waals surface area (Å²) in [7, 11) is 0. The number of nitrogens with two attached hydrogens (primary N) is 1. The Morgan fingerprint density at radius 1 is 1.07 bits per heavy atom. The van der Waals surface area contributed by atoms with Gasteiger partial charge in [-0.3, -0.25) is 0 Å². The number of rotatable bonds is 0. The van der Waals surface area contributed by atoms with Crippen molar-refractivity contribution in [3.05, 3.63) is 35.7 Å². The predicted molar refractivity (Wildman–Crippen MR) is 58.5 cm³/mol. The first-order valence-corrected chi connectivity index (χ1v) is 5.23. The Morgan fingerprint density at radius 3 is 2.79 bits per heavy atom. The highest BCUT2D eigenvalue weighted by Crippen LogP contribution is 2.28. The standard InChI is InChI=1S/C12H14N2/c13-11-6-8-14-7-5-9-3-1-2-4-10(9)12(11)14/h5-8H,1-4,13H2. The topological polar surface area (TPSA) is 30.4 Å². The average Bonchev–Trinajstić information content (AvgIpc) is 2.61. The third-order valence-electron chi connectivity index (χ3n) is 3.18. The molecule has 14 heavy (non-hydrogen) atoms. The van der Waals surface area contributed by atoms with E-state index in [0.29, 0.717) is 0 Å². The van der Waals surface area contributed by atoms with Crippen LogP contribution in [0, 0.1) is 0 Å². The minimum Gasteiger partial charge on any atom is -0.397 e. The molecule has 2 N–H and O–H groups in total. The summed E-state index contributed by atoms with van der Waals surface area (Å²) in [4.78, 5) is 0. The molecule has 0 aromatic carbocycles. The minimum absolute atomic E-state index is 0.920. The van der Waals surface area contributed by atoms with Gasteiger partial charge in [-0.15, -0.1) is 0 Å². The van der Waals surface area contributed by atoms with Crippen molar-refractivity contribution in [2.24, 2.45) is 0 Å². The van der Waals surface area contributed by atoms with Crippen molar-refractivity contribution in [1.82, 2.24) is 4.40 Å². The van der Waals surface area contributed by atoms with Crippen molar-refractivity contribution in [2.75, 3.05) is 5.73 Å². The van der Waals surface area contributed by atoms with Crippen molar-refractivity contribution >= 4 is 11.2 Å². The van der Waals surface area contributed by atoms with Crippen LogP contribution in [0.2, 0.25) is 0 Å². The van der Waals surface area contributed by atoms with Gasteiger partial charge in [0.15, 0.2) is 0 Å². The van der Waals surface area contributed by atoms with Gasteiger partial charge in [-0.05, 0) is 48.9 Å². The maximum absolute atomic E-state index is 5.98. The lowest BCUT2D eigenvalue weighted by Gasteiger charge is -2.17. The Bertz CT molecular complexity index is 482. The zero-order valence-electron chi connectivity index (χ0n) is 8.16. The molecule has 2 nitrogen and oxygen atoms in total. The van der Waals surface area contributed by atoms with Gasteiger partial charge in [0.05, 0.1) is 11.2 Å². The van der Waals surface area contributed by atoms with Gasteiger partial charge in [0.1, 0.15) is 0 Å². The molecular formula is C12H14N2. The van der Waals surface area contributed by atoms with Crippen molar-refractivity contribution in [1.29, 1.82) is 0 Å². The molecule has 0 unspecified atom stereocenters. The first kappa shape index (κ1) is 7.92. The maximum Gasteiger partial charge on any atom is 0.0716 e. The minimum atomic E-state index is 0.920. The molecule has 0 saturated carbocycles. The zero-order chi connectivity index (χ0) is 9.54. The van der Waals surface area contributed by atoms with Gasteiger partial charge in [-0.2, -0.15) is 0 Å². The molecule has 0 amide bonds. The lowest BCUT2D eigenvalue weighted by Crippen LogP contribution is -2.05. The summed E-state index contributed by atoms with van der Waals surface area (Å²) in [5.41, 5.74) is 11.1. The molecule has 0 bridgehead atoms. The summed E-state index contributed by atoms with van der Waals surface area (Å²) >= 11 is 0. The quantitative estimate of drug-likeness (QED) is 0.672. The molecule has 2 aromatic rings. The smallest absolute Gasteiger partial charge is 0.0716 e. The highest BCUT2D eigenvalue weighted by Gasteiger charge is 2.13. The monoisotopic (exact) mass is 186 g/mol. The molecule has 0 spiro atoms. The molecule has 3 rings (SSSR count). The molecule has 0 radical (unpaired) electrons. The van der Waals surface area contributed by atoms with Crippen molar-refractivity contribution in [2.45, 2.75) is 25.7 Å². The number of fused-ring (bicyclic) bond motifs is 3. The Hall–Kier alpha value is -1.44. The Labute approximate surface area is 83.3 Å². The fourth-order valence-electron chi connectivity index (χ4n) is 2.47. The van der Waals surface area contributed by atoms with Crippen molar-refractivity contribution in [3.63, 3.8) is 0 Å². The van der Waals surface area contributed by atoms with Crippen LogP contribution in [0.3, 0.4) is 0 Å². The molecule has 2 heterocycles. The number of aromatic nitrogens is 1. The van der Waals surface area contributed by atoms with E-state index in [9.17, 15) is 0 Å². The van der Waals surface area contributed by atoms with Gasteiger partial charge >= 0.3 is 0 Å². The molecule has 72 valence electrons. The SMILES string of the molecule is Nc1ccn2ccc3c(c12)CCCC3. The van der Waals surface area contributed by atoms with Gasteiger partial charge in [0.2, 0.25) is 0 Å². The third-order valence-corrected chi connectivity index (χ3v) is 3.18. The summed E-state index contributed by atoms with van der Waals surface area (Å²) in [6, 6.07) is 4.23. The van der Waals surface area contributed by atoms with Gasteiger partial charge < -0.3 is 10.1 Å². The van der Waals surface area contributed by atoms with Crippen LogP contribution in [0.1, 0.15) is 24.0 Å². The van der Waals surface area contributed by atoms with E-state index in [1.165, 1.54) is 42.3 Å². The number of aryl methyl sites for hydroxylation is 2. The van der Waals surface area contributed by atoms with Crippen LogP contribution in [0.4, 0.5) is 5.69 Å². The number of hydrogen-bond donors (Lipinski definition) is 1. The maximum atomic E-state index is 5.98. The number of nitrogen functional groups attached to an aromatic ring is 1. The predicted octanol–water partition coefficient (Wildman–Crippen LogP) is 2.40. The Kier molecular flexibility index (Phi) is 1.57. The van der Waals surface area contributed by atoms with Crippen LogP contribution < -0.4 is 5.73 Å². The van der Waals surface area contributed by atoms with Crippen LogP contribution in [0.25, 0.3) is 5.52 Å². The van der Waals surface area contributed by atoms with E-state index in [1.807, 2.05) is 12.3 Å². The van der Waals surface area contributed by atoms with E-state index in [-0.39, 0.29) is 0 Å². The molecule has 0 saturated heterocycles. The third kappa shape index (κ3) is 0.969. The van der Waals surface area contributed by atoms with E-state index >= 15 is 0 Å². The molecular weight excluding hydrogens is 172 g/mol. The molecule has 1 aliphatic carbocycles. The van der Waals surface area contributed by atoms with E-state index in [4.69, 9.17) is 5.73 Å². The first-order valence-electron chi connectivity index (χ1n) is 5.23. The first-order chi connectivity index (χ1) is 6.86. The second-order valence-electron chi connectivity index (χ2n) is 4.05. The van der Waals surface area contributed by atoms with E-state index in [1.54, 1.807) is 0 Å². The van der Waals surface area contributed by atoms with Crippen molar-refractivity contribution in [3.8, 4) is 0 Å². The van der Waals surface area contributed by atoms with Crippen LogP contribution in [0.5, 0.6) is 0 Å². The highest BCUT2D eigenvalue weighted by atomic mass is 14.9. The molecule has 2 aromatic heterocycles. The zero-order valence-corrected chi connectivity index (χ0v) is 8.16. The second kappa shape index (κ2) is 2.77. The average molecular weight is 186 g/mol. The summed E-state index contributed by atoms with van der Waals surface area (Å²) in [6.45, 7) is 0. The van der Waals surface area contributed by atoms with E-state index < -0.39 is 0 Å². The van der Waals surface area contributed by atoms with Crippen LogP contribution in [-0.4, -0.2) is 4.40 Å². The Balaban J connectivity index is 2.38. The summed E-state index contributed by atoms with van der Waals surface area (Å²) < 4.78 is 2.14. The normalized spacial score (nSPS) is 15.7. The molecule has 2 heteroatoms. The summed E-state index contributed by atoms with van der Waals surface area (Å²) in [5, 5.41) is 0. The van der Waals surface area contributed by atoms with Gasteiger partial charge in [0.25, 0.3) is 0 Å². The van der Waals surface area contributed by atoms with Crippen LogP contribution in [0.15, 0.2) is 24.5 Å². The fraction of sp³-hybridized carbons (Fsp3) is 0.333. The second-order valence-corrected chi connectivity index (χ2v) is 4.05. The van der Waals surface area contributed by atoms with Crippen LogP contribution >= 0.6 is 0 Å². The summed E-state index contributed by atoms with van der Waals surface area (Å²) in [5.74, 6) is 0. The van der Waals surface area contributed by atoms with Gasteiger partial charge in [-0.25, -0.2) is 0 Å². The number of nitrogens with zero attached hydrogens (tertiary/aromatic N) is 1. The molecule has 0 fully saturated rings. The number of anilines is 1. The lowest BCUT2D eigenvalue weighted by molar-refractivity contribution is 0.686. The molecule has 0 atom stereocenters. The largest absolute Gasteiger partial charge is 0.397 e. The van der Waals surface area contributed by atoms with Gasteiger partial charge in [-0.1, -0.05) is 0 Å². The van der Waals surface area contributed by atoms with E-state index in [0.717, 1.165) is 5.69 Å². The van der Waals surface area contributed by atoms with E-state index in [2.05, 4.69) is 16.7 Å². The summed E-state index contributed by atoms with van der Waals surface area (Å²) in [6.07, 6.45) is 9.20. The molecule has 0 aliphatic heterocycles. The lowest BCUT2D eigenvalue weighted by atomic mass is 9.92. The number of hydrogen-bond acceptors (Lipinski definition) is 1. The van der Waals surface area contributed by atoms with Crippen molar-refractivity contribution < 1.29 is 0 Å². The van der Waals surface area contributed by atoms with Gasteiger partial charge in [0, 0.05) is 12.4 Å².